The van der Waals surface area contributed by atoms with Gasteiger partial charge in [0.1, 0.15) is 11.6 Å². The van der Waals surface area contributed by atoms with Crippen LogP contribution in [0, 0.1) is 11.6 Å². The molecule has 0 aliphatic heterocycles. The molecular formula is C10H8BrF2NO2. The van der Waals surface area contributed by atoms with Gasteiger partial charge in [0.2, 0.25) is 0 Å². The molecule has 1 rings (SSSR count). The Hall–Kier alpha value is -1.43. The molecule has 86 valence electrons. The minimum absolute atomic E-state index is 0.00705. The van der Waals surface area contributed by atoms with E-state index in [9.17, 15) is 13.6 Å². The number of carbonyl (C=O) groups is 1. The number of benzene rings is 1. The van der Waals surface area contributed by atoms with Crippen molar-refractivity contribution in [2.45, 2.75) is 0 Å². The van der Waals surface area contributed by atoms with Crippen LogP contribution in [0.4, 0.5) is 14.5 Å². The van der Waals surface area contributed by atoms with Crippen molar-refractivity contribution in [1.29, 1.82) is 0 Å². The van der Waals surface area contributed by atoms with Crippen molar-refractivity contribution in [3.05, 3.63) is 40.4 Å². The fraction of sp³-hybridized carbons (Fsp3) is 0.100. The Bertz CT molecular complexity index is 449. The fourth-order valence-corrected chi connectivity index (χ4v) is 1.25. The lowest BCUT2D eigenvalue weighted by molar-refractivity contribution is -0.132. The molecule has 0 saturated carbocycles. The largest absolute Gasteiger partial charge is 0.478 e. The van der Waals surface area contributed by atoms with Crippen LogP contribution >= 0.6 is 15.9 Å². The van der Waals surface area contributed by atoms with Gasteiger partial charge in [-0.05, 0) is 22.0 Å². The van der Waals surface area contributed by atoms with Crippen LogP contribution in [0.1, 0.15) is 0 Å². The Morgan fingerprint density at radius 1 is 1.44 bits per heavy atom. The molecule has 0 bridgehead atoms. The van der Waals surface area contributed by atoms with Gasteiger partial charge in [0, 0.05) is 18.2 Å². The molecule has 0 spiro atoms. The molecule has 0 fully saturated rings. The minimum Gasteiger partial charge on any atom is -0.478 e. The van der Waals surface area contributed by atoms with Gasteiger partial charge in [-0.15, -0.1) is 0 Å². The van der Waals surface area contributed by atoms with Crippen molar-refractivity contribution in [2.24, 2.45) is 0 Å². The molecule has 0 radical (unpaired) electrons. The molecular weight excluding hydrogens is 284 g/mol. The second kappa shape index (κ2) is 5.07. The summed E-state index contributed by atoms with van der Waals surface area (Å²) in [7, 11) is 0. The highest BCUT2D eigenvalue weighted by Gasteiger charge is 2.09. The van der Waals surface area contributed by atoms with E-state index in [2.05, 4.69) is 27.8 Å². The standard InChI is InChI=1S/C10H8BrF2NO2/c1-5(10(15)16)4-14-9-3-7(12)6(11)2-8(9)13/h2-3,14H,1,4H2,(H,15,16). The van der Waals surface area contributed by atoms with E-state index in [1.165, 1.54) is 0 Å². The monoisotopic (exact) mass is 291 g/mol. The van der Waals surface area contributed by atoms with Crippen LogP contribution < -0.4 is 5.32 Å². The van der Waals surface area contributed by atoms with Crippen molar-refractivity contribution in [1.82, 2.24) is 0 Å². The lowest BCUT2D eigenvalue weighted by atomic mass is 10.2. The van der Waals surface area contributed by atoms with E-state index < -0.39 is 17.6 Å². The Balaban J connectivity index is 2.78. The average molecular weight is 292 g/mol. The first-order valence-electron chi connectivity index (χ1n) is 4.21. The molecule has 6 heteroatoms. The highest BCUT2D eigenvalue weighted by atomic mass is 79.9. The first-order chi connectivity index (χ1) is 7.41. The van der Waals surface area contributed by atoms with Gasteiger partial charge in [0.15, 0.2) is 0 Å². The quantitative estimate of drug-likeness (QED) is 0.662. The molecule has 0 aromatic heterocycles. The maximum atomic E-state index is 13.2. The zero-order valence-electron chi connectivity index (χ0n) is 8.06. The third kappa shape index (κ3) is 3.03. The number of aliphatic carboxylic acids is 1. The van der Waals surface area contributed by atoms with E-state index in [-0.39, 0.29) is 22.3 Å². The number of nitrogens with one attached hydrogen (secondary N) is 1. The van der Waals surface area contributed by atoms with Crippen molar-refractivity contribution in [3.8, 4) is 0 Å². The lowest BCUT2D eigenvalue weighted by Crippen LogP contribution is -2.12. The maximum Gasteiger partial charge on any atom is 0.332 e. The highest BCUT2D eigenvalue weighted by molar-refractivity contribution is 9.10. The van der Waals surface area contributed by atoms with Crippen LogP contribution in [-0.4, -0.2) is 17.6 Å². The van der Waals surface area contributed by atoms with Gasteiger partial charge >= 0.3 is 5.97 Å². The third-order valence-electron chi connectivity index (χ3n) is 1.80. The molecule has 0 unspecified atom stereocenters. The summed E-state index contributed by atoms with van der Waals surface area (Å²) in [6.45, 7) is 3.09. The summed E-state index contributed by atoms with van der Waals surface area (Å²) in [5.41, 5.74) is -0.245. The minimum atomic E-state index is -1.19. The van der Waals surface area contributed by atoms with Crippen LogP contribution in [0.5, 0.6) is 0 Å². The van der Waals surface area contributed by atoms with Gasteiger partial charge in [0.25, 0.3) is 0 Å². The molecule has 0 aliphatic rings. The van der Waals surface area contributed by atoms with E-state index in [1.807, 2.05) is 0 Å². The van der Waals surface area contributed by atoms with E-state index in [4.69, 9.17) is 5.11 Å². The van der Waals surface area contributed by atoms with Gasteiger partial charge in [-0.3, -0.25) is 0 Å². The number of carboxylic acids is 1. The van der Waals surface area contributed by atoms with Crippen LogP contribution in [0.3, 0.4) is 0 Å². The molecule has 0 amide bonds. The normalized spacial score (nSPS) is 9.94. The zero-order valence-corrected chi connectivity index (χ0v) is 9.64. The SMILES string of the molecule is C=C(CNc1cc(F)c(Br)cc1F)C(=O)O. The van der Waals surface area contributed by atoms with Gasteiger partial charge < -0.3 is 10.4 Å². The summed E-state index contributed by atoms with van der Waals surface area (Å²) >= 11 is 2.83. The third-order valence-corrected chi connectivity index (χ3v) is 2.41. The van der Waals surface area contributed by atoms with Gasteiger partial charge in [-0.1, -0.05) is 6.58 Å². The summed E-state index contributed by atoms with van der Waals surface area (Å²) in [6.07, 6.45) is 0. The summed E-state index contributed by atoms with van der Waals surface area (Å²) in [4.78, 5) is 10.4. The Labute approximate surface area is 98.9 Å². The van der Waals surface area contributed by atoms with E-state index in [0.29, 0.717) is 0 Å². The molecule has 2 N–H and O–H groups in total. The lowest BCUT2D eigenvalue weighted by Gasteiger charge is -2.08. The molecule has 3 nitrogen and oxygen atoms in total. The Morgan fingerprint density at radius 3 is 2.62 bits per heavy atom. The van der Waals surface area contributed by atoms with Gasteiger partial charge in [-0.2, -0.15) is 0 Å². The molecule has 1 aromatic rings. The molecule has 0 atom stereocenters. The van der Waals surface area contributed by atoms with Crippen LogP contribution in [0.15, 0.2) is 28.8 Å². The van der Waals surface area contributed by atoms with E-state index in [1.54, 1.807) is 0 Å². The van der Waals surface area contributed by atoms with Crippen molar-refractivity contribution >= 4 is 27.6 Å². The molecule has 0 saturated heterocycles. The summed E-state index contributed by atoms with van der Waals surface area (Å²) in [5, 5.41) is 11.0. The maximum absolute atomic E-state index is 13.2. The first kappa shape index (κ1) is 12.6. The van der Waals surface area contributed by atoms with E-state index >= 15 is 0 Å². The summed E-state index contributed by atoms with van der Waals surface area (Å²) in [6, 6.07) is 1.90. The topological polar surface area (TPSA) is 49.3 Å². The van der Waals surface area contributed by atoms with E-state index in [0.717, 1.165) is 12.1 Å². The number of rotatable bonds is 4. The van der Waals surface area contributed by atoms with Crippen molar-refractivity contribution < 1.29 is 18.7 Å². The number of halogens is 3. The van der Waals surface area contributed by atoms with Gasteiger partial charge in [0.05, 0.1) is 10.2 Å². The molecule has 16 heavy (non-hydrogen) atoms. The molecule has 1 aromatic carbocycles. The predicted octanol–water partition coefficient (Wildman–Crippen LogP) is 2.78. The number of hydrogen-bond donors (Lipinski definition) is 2. The smallest absolute Gasteiger partial charge is 0.332 e. The highest BCUT2D eigenvalue weighted by Crippen LogP contribution is 2.23. The first-order valence-corrected chi connectivity index (χ1v) is 5.00. The fourth-order valence-electron chi connectivity index (χ4n) is 0.936. The summed E-state index contributed by atoms with van der Waals surface area (Å²) < 4.78 is 26.3. The average Bonchev–Trinajstić information content (AvgIpc) is 2.20. The molecule has 0 aliphatic carbocycles. The van der Waals surface area contributed by atoms with Crippen LogP contribution in [0.2, 0.25) is 0 Å². The van der Waals surface area contributed by atoms with Crippen molar-refractivity contribution in [2.75, 3.05) is 11.9 Å². The van der Waals surface area contributed by atoms with Gasteiger partial charge in [-0.25, -0.2) is 13.6 Å². The Morgan fingerprint density at radius 2 is 2.06 bits per heavy atom. The number of carboxylic acid groups (broad SMARTS) is 1. The van der Waals surface area contributed by atoms with Crippen LogP contribution in [-0.2, 0) is 4.79 Å². The van der Waals surface area contributed by atoms with Crippen LogP contribution in [0.25, 0.3) is 0 Å². The second-order valence-electron chi connectivity index (χ2n) is 3.01. The zero-order chi connectivity index (χ0) is 12.3. The summed E-state index contributed by atoms with van der Waals surface area (Å²) in [5.74, 6) is -2.50. The van der Waals surface area contributed by atoms with Crippen molar-refractivity contribution in [3.63, 3.8) is 0 Å². The Kier molecular flexibility index (Phi) is 4.00. The predicted molar refractivity (Wildman–Crippen MR) is 59.3 cm³/mol. The number of hydrogen-bond acceptors (Lipinski definition) is 2. The second-order valence-corrected chi connectivity index (χ2v) is 3.86. The number of anilines is 1. The molecule has 0 heterocycles.